The fraction of sp³-hybridized carbons (Fsp3) is 0.381. The van der Waals surface area contributed by atoms with Gasteiger partial charge in [0, 0.05) is 17.6 Å². The largest absolute Gasteiger partial charge is 0.376 e. The van der Waals surface area contributed by atoms with Crippen LogP contribution < -0.4 is 10.6 Å². The van der Waals surface area contributed by atoms with Crippen LogP contribution in [0.1, 0.15) is 37.3 Å². The number of anilines is 1. The minimum atomic E-state index is 0.0584. The number of amides is 1. The van der Waals surface area contributed by atoms with Crippen LogP contribution in [0, 0.1) is 0 Å². The highest BCUT2D eigenvalue weighted by Gasteiger charge is 2.38. The van der Waals surface area contributed by atoms with Crippen molar-refractivity contribution in [2.45, 2.75) is 38.0 Å². The molecule has 0 heterocycles. The first kappa shape index (κ1) is 16.6. The Morgan fingerprint density at radius 2 is 1.75 bits per heavy atom. The third-order valence-corrected chi connectivity index (χ3v) is 5.16. The van der Waals surface area contributed by atoms with E-state index in [-0.39, 0.29) is 11.3 Å². The third kappa shape index (κ3) is 3.61. The van der Waals surface area contributed by atoms with E-state index in [9.17, 15) is 4.79 Å². The highest BCUT2D eigenvalue weighted by Crippen LogP contribution is 2.43. The fourth-order valence-corrected chi connectivity index (χ4v) is 3.47. The van der Waals surface area contributed by atoms with Gasteiger partial charge in [0.15, 0.2) is 0 Å². The first-order valence-electron chi connectivity index (χ1n) is 8.87. The van der Waals surface area contributed by atoms with E-state index in [4.69, 9.17) is 0 Å². The SMILES string of the molecule is CCc1ccccc1NCC(=O)NCC1(c2ccccc2)CCC1. The number of hydrogen-bond donors (Lipinski definition) is 2. The Morgan fingerprint density at radius 1 is 1.04 bits per heavy atom. The van der Waals surface area contributed by atoms with Gasteiger partial charge in [0.2, 0.25) is 5.91 Å². The summed E-state index contributed by atoms with van der Waals surface area (Å²) >= 11 is 0. The van der Waals surface area contributed by atoms with E-state index in [1.54, 1.807) is 0 Å². The van der Waals surface area contributed by atoms with Gasteiger partial charge < -0.3 is 10.6 Å². The van der Waals surface area contributed by atoms with Gasteiger partial charge in [-0.05, 0) is 36.5 Å². The fourth-order valence-electron chi connectivity index (χ4n) is 3.47. The molecule has 2 aromatic rings. The van der Waals surface area contributed by atoms with Gasteiger partial charge in [-0.1, -0.05) is 61.9 Å². The predicted molar refractivity (Wildman–Crippen MR) is 99.3 cm³/mol. The lowest BCUT2D eigenvalue weighted by atomic mass is 9.64. The number of rotatable bonds is 7. The second-order valence-electron chi connectivity index (χ2n) is 6.64. The zero-order valence-electron chi connectivity index (χ0n) is 14.3. The van der Waals surface area contributed by atoms with E-state index >= 15 is 0 Å². The summed E-state index contributed by atoms with van der Waals surface area (Å²) in [5.41, 5.74) is 3.78. The maximum atomic E-state index is 12.3. The molecule has 3 nitrogen and oxygen atoms in total. The zero-order valence-corrected chi connectivity index (χ0v) is 14.3. The number of carbonyl (C=O) groups is 1. The summed E-state index contributed by atoms with van der Waals surface area (Å²) < 4.78 is 0. The normalized spacial score (nSPS) is 15.4. The molecule has 0 aliphatic heterocycles. The number of aryl methyl sites for hydroxylation is 1. The molecular weight excluding hydrogens is 296 g/mol. The quantitative estimate of drug-likeness (QED) is 0.812. The lowest BCUT2D eigenvalue weighted by Crippen LogP contribution is -2.46. The summed E-state index contributed by atoms with van der Waals surface area (Å²) in [6, 6.07) is 18.7. The highest BCUT2D eigenvalue weighted by molar-refractivity contribution is 5.81. The van der Waals surface area contributed by atoms with E-state index in [2.05, 4.69) is 47.9 Å². The molecule has 1 fully saturated rings. The minimum absolute atomic E-state index is 0.0584. The van der Waals surface area contributed by atoms with Gasteiger partial charge in [-0.15, -0.1) is 0 Å². The first-order chi connectivity index (χ1) is 11.7. The number of hydrogen-bond acceptors (Lipinski definition) is 2. The summed E-state index contributed by atoms with van der Waals surface area (Å²) in [6.45, 7) is 3.18. The Balaban J connectivity index is 1.54. The van der Waals surface area contributed by atoms with Crippen molar-refractivity contribution in [1.29, 1.82) is 0 Å². The second kappa shape index (κ2) is 7.52. The molecule has 0 saturated heterocycles. The lowest BCUT2D eigenvalue weighted by molar-refractivity contribution is -0.119. The van der Waals surface area contributed by atoms with Gasteiger partial charge in [0.05, 0.1) is 6.54 Å². The van der Waals surface area contributed by atoms with Gasteiger partial charge in [0.1, 0.15) is 0 Å². The molecular formula is C21H26N2O. The van der Waals surface area contributed by atoms with Gasteiger partial charge in [-0.2, -0.15) is 0 Å². The van der Waals surface area contributed by atoms with Gasteiger partial charge in [-0.3, -0.25) is 4.79 Å². The number of carbonyl (C=O) groups excluding carboxylic acids is 1. The van der Waals surface area contributed by atoms with Crippen LogP contribution in [0.25, 0.3) is 0 Å². The van der Waals surface area contributed by atoms with Crippen LogP contribution in [-0.4, -0.2) is 19.0 Å². The van der Waals surface area contributed by atoms with E-state index in [1.165, 1.54) is 17.5 Å². The smallest absolute Gasteiger partial charge is 0.239 e. The molecule has 1 amide bonds. The standard InChI is InChI=1S/C21H26N2O/c1-2-17-9-6-7-12-19(17)22-15-20(24)23-16-21(13-8-14-21)18-10-4-3-5-11-18/h3-7,9-12,22H,2,8,13-16H2,1H3,(H,23,24). The summed E-state index contributed by atoms with van der Waals surface area (Å²) in [5, 5.41) is 6.39. The van der Waals surface area contributed by atoms with Crippen LogP contribution in [-0.2, 0) is 16.6 Å². The van der Waals surface area contributed by atoms with Gasteiger partial charge in [-0.25, -0.2) is 0 Å². The molecule has 126 valence electrons. The van der Waals surface area contributed by atoms with Gasteiger partial charge in [0.25, 0.3) is 0 Å². The molecule has 1 saturated carbocycles. The molecule has 0 spiro atoms. The van der Waals surface area contributed by atoms with Crippen molar-refractivity contribution in [3.63, 3.8) is 0 Å². The average Bonchev–Trinajstić information content (AvgIpc) is 2.60. The number of benzene rings is 2. The summed E-state index contributed by atoms with van der Waals surface area (Å²) in [7, 11) is 0. The van der Waals surface area contributed by atoms with E-state index < -0.39 is 0 Å². The van der Waals surface area contributed by atoms with E-state index in [0.29, 0.717) is 6.54 Å². The molecule has 1 aliphatic rings. The molecule has 2 N–H and O–H groups in total. The minimum Gasteiger partial charge on any atom is -0.376 e. The number of para-hydroxylation sites is 1. The molecule has 0 radical (unpaired) electrons. The highest BCUT2D eigenvalue weighted by atomic mass is 16.1. The van der Waals surface area contributed by atoms with Crippen molar-refractivity contribution < 1.29 is 4.79 Å². The second-order valence-corrected chi connectivity index (χ2v) is 6.64. The third-order valence-electron chi connectivity index (χ3n) is 5.16. The average molecular weight is 322 g/mol. The van der Waals surface area contributed by atoms with Crippen LogP contribution in [0.2, 0.25) is 0 Å². The Labute approximate surface area is 144 Å². The number of nitrogens with one attached hydrogen (secondary N) is 2. The molecule has 0 bridgehead atoms. The summed E-state index contributed by atoms with van der Waals surface area (Å²) in [5.74, 6) is 0.0584. The molecule has 1 aliphatic carbocycles. The Kier molecular flexibility index (Phi) is 5.19. The van der Waals surface area contributed by atoms with E-state index in [1.807, 2.05) is 24.3 Å². The molecule has 0 unspecified atom stereocenters. The molecule has 0 aromatic heterocycles. The van der Waals surface area contributed by atoms with Crippen LogP contribution in [0.4, 0.5) is 5.69 Å². The van der Waals surface area contributed by atoms with Gasteiger partial charge >= 0.3 is 0 Å². The topological polar surface area (TPSA) is 41.1 Å². The molecule has 24 heavy (non-hydrogen) atoms. The summed E-state index contributed by atoms with van der Waals surface area (Å²) in [6.07, 6.45) is 4.52. The van der Waals surface area contributed by atoms with E-state index in [0.717, 1.165) is 31.5 Å². The zero-order chi connectivity index (χ0) is 16.8. The Bertz CT molecular complexity index is 677. The molecule has 0 atom stereocenters. The van der Waals surface area contributed by atoms with Crippen molar-refractivity contribution in [1.82, 2.24) is 5.32 Å². The first-order valence-corrected chi connectivity index (χ1v) is 8.87. The maximum absolute atomic E-state index is 12.3. The van der Waals surface area contributed by atoms with Crippen molar-refractivity contribution >= 4 is 11.6 Å². The monoisotopic (exact) mass is 322 g/mol. The van der Waals surface area contributed by atoms with Crippen molar-refractivity contribution in [3.8, 4) is 0 Å². The van der Waals surface area contributed by atoms with Crippen LogP contribution in [0.5, 0.6) is 0 Å². The van der Waals surface area contributed by atoms with Crippen LogP contribution in [0.15, 0.2) is 54.6 Å². The molecule has 3 rings (SSSR count). The lowest BCUT2D eigenvalue weighted by Gasteiger charge is -2.42. The van der Waals surface area contributed by atoms with Crippen molar-refractivity contribution in [2.75, 3.05) is 18.4 Å². The van der Waals surface area contributed by atoms with Crippen molar-refractivity contribution in [2.24, 2.45) is 0 Å². The maximum Gasteiger partial charge on any atom is 0.239 e. The van der Waals surface area contributed by atoms with Crippen LogP contribution >= 0.6 is 0 Å². The predicted octanol–water partition coefficient (Wildman–Crippen LogP) is 3.90. The Morgan fingerprint density at radius 3 is 2.42 bits per heavy atom. The molecule has 3 heteroatoms. The molecule has 2 aromatic carbocycles. The van der Waals surface area contributed by atoms with Crippen LogP contribution in [0.3, 0.4) is 0 Å². The summed E-state index contributed by atoms with van der Waals surface area (Å²) in [4.78, 5) is 12.3. The van der Waals surface area contributed by atoms with Crippen molar-refractivity contribution in [3.05, 3.63) is 65.7 Å². The Hall–Kier alpha value is -2.29.